The second-order valence-corrected chi connectivity index (χ2v) is 12.8. The van der Waals surface area contributed by atoms with Crippen molar-refractivity contribution in [2.45, 2.75) is 36.1 Å². The third kappa shape index (κ3) is 7.69. The maximum atomic E-state index is 14.6. The number of thiophene rings is 1. The molecular formula is C28H29F4N3O4S2. The normalized spacial score (nSPS) is 18.0. The standard InChI is InChI=1S/C28H29F4N3O4S2/c1-35-10-8-23(22(29)15-35)34-27(36)21-12-17(11-20-18(14-28(30,31)32)16-40-26(20)21)5-4-9-33-24-13-19(41(3,37)38)6-7-25(24)39-2/h6-7,11-13,16,22-23,33H,8-10,14-15H2,1-3H3,(H,34,36)/t22-,23+/m0/s1. The number of rotatable bonds is 7. The molecular weight excluding hydrogens is 582 g/mol. The molecule has 2 aromatic carbocycles. The van der Waals surface area contributed by atoms with E-state index in [0.717, 1.165) is 17.6 Å². The van der Waals surface area contributed by atoms with Crippen molar-refractivity contribution < 1.29 is 35.5 Å². The van der Waals surface area contributed by atoms with Crippen LogP contribution < -0.4 is 15.4 Å². The van der Waals surface area contributed by atoms with Gasteiger partial charge in [0.05, 0.1) is 42.3 Å². The van der Waals surface area contributed by atoms with Crippen molar-refractivity contribution in [3.05, 3.63) is 52.4 Å². The Morgan fingerprint density at radius 3 is 2.66 bits per heavy atom. The lowest BCUT2D eigenvalue weighted by Crippen LogP contribution is -2.51. The number of anilines is 1. The Balaban J connectivity index is 1.63. The number of nitrogens with zero attached hydrogens (tertiary/aromatic N) is 1. The Morgan fingerprint density at radius 1 is 1.24 bits per heavy atom. The summed E-state index contributed by atoms with van der Waals surface area (Å²) in [5.41, 5.74) is 0.859. The summed E-state index contributed by atoms with van der Waals surface area (Å²) in [5, 5.41) is 7.35. The largest absolute Gasteiger partial charge is 0.495 e. The van der Waals surface area contributed by atoms with E-state index in [1.54, 1.807) is 7.05 Å². The van der Waals surface area contributed by atoms with Gasteiger partial charge in [-0.3, -0.25) is 4.79 Å². The number of amides is 1. The number of benzene rings is 2. The van der Waals surface area contributed by atoms with Crippen LogP contribution in [0.25, 0.3) is 10.1 Å². The van der Waals surface area contributed by atoms with Gasteiger partial charge in [-0.1, -0.05) is 11.8 Å². The van der Waals surface area contributed by atoms with Crippen LogP contribution in [0.15, 0.2) is 40.6 Å². The molecule has 4 rings (SSSR count). The van der Waals surface area contributed by atoms with Gasteiger partial charge in [-0.25, -0.2) is 12.8 Å². The van der Waals surface area contributed by atoms with Crippen LogP contribution in [0.4, 0.5) is 23.2 Å². The monoisotopic (exact) mass is 611 g/mol. The van der Waals surface area contributed by atoms with Gasteiger partial charge in [-0.05, 0) is 60.1 Å². The number of carbonyl (C=O) groups excluding carboxylic acids is 1. The van der Waals surface area contributed by atoms with Crippen LogP contribution in [-0.2, 0) is 16.3 Å². The molecule has 1 aromatic heterocycles. The average molecular weight is 612 g/mol. The van der Waals surface area contributed by atoms with E-state index in [0.29, 0.717) is 34.7 Å². The van der Waals surface area contributed by atoms with Crippen LogP contribution in [0.5, 0.6) is 5.75 Å². The lowest BCUT2D eigenvalue weighted by Gasteiger charge is -2.32. The molecule has 7 nitrogen and oxygen atoms in total. The van der Waals surface area contributed by atoms with Gasteiger partial charge in [0.25, 0.3) is 5.91 Å². The number of fused-ring (bicyclic) bond motifs is 1. The first-order chi connectivity index (χ1) is 19.2. The van der Waals surface area contributed by atoms with Crippen LogP contribution in [0.2, 0.25) is 0 Å². The number of halogens is 4. The van der Waals surface area contributed by atoms with E-state index in [-0.39, 0.29) is 34.5 Å². The molecule has 1 amide bonds. The highest BCUT2D eigenvalue weighted by Gasteiger charge is 2.31. The summed E-state index contributed by atoms with van der Waals surface area (Å²) in [7, 11) is -0.237. The first-order valence-corrected chi connectivity index (χ1v) is 15.4. The number of hydrogen-bond acceptors (Lipinski definition) is 7. The average Bonchev–Trinajstić information content (AvgIpc) is 3.28. The number of likely N-dealkylation sites (tertiary alicyclic amines) is 1. The fourth-order valence-corrected chi connectivity index (χ4v) is 6.30. The van der Waals surface area contributed by atoms with Gasteiger partial charge in [0.1, 0.15) is 11.9 Å². The van der Waals surface area contributed by atoms with E-state index in [1.807, 2.05) is 4.90 Å². The van der Waals surface area contributed by atoms with Crippen molar-refractivity contribution >= 4 is 42.9 Å². The predicted molar refractivity (Wildman–Crippen MR) is 151 cm³/mol. The van der Waals surface area contributed by atoms with Crippen LogP contribution in [0, 0.1) is 11.8 Å². The molecule has 1 aliphatic heterocycles. The van der Waals surface area contributed by atoms with Gasteiger partial charge in [0, 0.05) is 29.6 Å². The third-order valence-corrected chi connectivity index (χ3v) is 8.84. The highest BCUT2D eigenvalue weighted by atomic mass is 32.2. The molecule has 0 bridgehead atoms. The molecule has 41 heavy (non-hydrogen) atoms. The molecule has 1 fully saturated rings. The number of methoxy groups -OCH3 is 1. The van der Waals surface area contributed by atoms with E-state index < -0.39 is 40.6 Å². The van der Waals surface area contributed by atoms with Crippen molar-refractivity contribution in [1.82, 2.24) is 10.2 Å². The number of ether oxygens (including phenoxy) is 1. The maximum Gasteiger partial charge on any atom is 0.393 e. The van der Waals surface area contributed by atoms with E-state index in [4.69, 9.17) is 4.74 Å². The van der Waals surface area contributed by atoms with Crippen LogP contribution >= 0.6 is 11.3 Å². The van der Waals surface area contributed by atoms with Crippen molar-refractivity contribution in [3.8, 4) is 17.6 Å². The quantitative estimate of drug-likeness (QED) is 0.299. The maximum absolute atomic E-state index is 14.6. The molecule has 220 valence electrons. The second kappa shape index (κ2) is 12.3. The smallest absolute Gasteiger partial charge is 0.393 e. The lowest BCUT2D eigenvalue weighted by atomic mass is 10.0. The van der Waals surface area contributed by atoms with E-state index in [9.17, 15) is 30.8 Å². The molecule has 1 aliphatic rings. The van der Waals surface area contributed by atoms with E-state index in [1.165, 1.54) is 42.8 Å². The van der Waals surface area contributed by atoms with Crippen LogP contribution in [0.3, 0.4) is 0 Å². The van der Waals surface area contributed by atoms with Crippen molar-refractivity contribution in [3.63, 3.8) is 0 Å². The summed E-state index contributed by atoms with van der Waals surface area (Å²) in [6.45, 7) is 0.818. The summed E-state index contributed by atoms with van der Waals surface area (Å²) in [4.78, 5) is 15.2. The number of carbonyl (C=O) groups is 1. The number of piperidine rings is 1. The fraction of sp³-hybridized carbons (Fsp3) is 0.393. The topological polar surface area (TPSA) is 87.7 Å². The lowest BCUT2D eigenvalue weighted by molar-refractivity contribution is -0.126. The fourth-order valence-electron chi connectivity index (χ4n) is 4.59. The minimum Gasteiger partial charge on any atom is -0.495 e. The Kier molecular flexibility index (Phi) is 9.16. The Morgan fingerprint density at radius 2 is 2.00 bits per heavy atom. The highest BCUT2D eigenvalue weighted by molar-refractivity contribution is 7.90. The SMILES string of the molecule is COc1ccc(S(C)(=O)=O)cc1NCC#Cc1cc(C(=O)N[C@@H]2CCN(C)C[C@@H]2F)c2scc(CC(F)(F)F)c2c1. The molecule has 2 N–H and O–H groups in total. The number of hydrogen-bond donors (Lipinski definition) is 2. The molecule has 0 radical (unpaired) electrons. The molecule has 1 saturated heterocycles. The third-order valence-electron chi connectivity index (χ3n) is 6.65. The van der Waals surface area contributed by atoms with Gasteiger partial charge < -0.3 is 20.3 Å². The number of sulfone groups is 1. The van der Waals surface area contributed by atoms with E-state index in [2.05, 4.69) is 22.5 Å². The minimum atomic E-state index is -4.45. The Hall–Kier alpha value is -3.34. The van der Waals surface area contributed by atoms with Crippen molar-refractivity contribution in [2.75, 3.05) is 45.4 Å². The Bertz CT molecular complexity index is 1610. The summed E-state index contributed by atoms with van der Waals surface area (Å²) in [6, 6.07) is 6.64. The molecule has 0 spiro atoms. The van der Waals surface area contributed by atoms with Gasteiger partial charge >= 0.3 is 6.18 Å². The summed E-state index contributed by atoms with van der Waals surface area (Å²) < 4.78 is 83.9. The van der Waals surface area contributed by atoms with Crippen LogP contribution in [0.1, 0.15) is 27.9 Å². The zero-order chi connectivity index (χ0) is 29.9. The molecule has 3 aromatic rings. The van der Waals surface area contributed by atoms with Crippen molar-refractivity contribution in [1.29, 1.82) is 0 Å². The summed E-state index contributed by atoms with van der Waals surface area (Å²) in [5.74, 6) is 5.56. The molecule has 2 heterocycles. The highest BCUT2D eigenvalue weighted by Crippen LogP contribution is 2.34. The molecule has 0 aliphatic carbocycles. The van der Waals surface area contributed by atoms with Gasteiger partial charge in [0.2, 0.25) is 0 Å². The molecule has 13 heteroatoms. The molecule has 0 unspecified atom stereocenters. The predicted octanol–water partition coefficient (Wildman–Crippen LogP) is 4.65. The van der Waals surface area contributed by atoms with Crippen molar-refractivity contribution in [2.24, 2.45) is 0 Å². The van der Waals surface area contributed by atoms with Gasteiger partial charge in [-0.2, -0.15) is 13.2 Å². The second-order valence-electron chi connectivity index (χ2n) is 9.89. The zero-order valence-corrected chi connectivity index (χ0v) is 24.2. The summed E-state index contributed by atoms with van der Waals surface area (Å²) >= 11 is 1.03. The number of nitrogens with one attached hydrogen (secondary N) is 2. The van der Waals surface area contributed by atoms with Gasteiger partial charge in [-0.15, -0.1) is 11.3 Å². The Labute approximate surface area is 239 Å². The van der Waals surface area contributed by atoms with Crippen LogP contribution in [-0.4, -0.2) is 77.7 Å². The van der Waals surface area contributed by atoms with E-state index >= 15 is 0 Å². The minimum absolute atomic E-state index is 0.0262. The first kappa shape index (κ1) is 30.6. The zero-order valence-electron chi connectivity index (χ0n) is 22.6. The molecule has 2 atom stereocenters. The molecule has 0 saturated carbocycles. The summed E-state index contributed by atoms with van der Waals surface area (Å²) in [6.07, 6.45) is -5.39. The number of alkyl halides is 4. The first-order valence-electron chi connectivity index (χ1n) is 12.6. The van der Waals surface area contributed by atoms with Gasteiger partial charge in [0.15, 0.2) is 9.84 Å².